The fourth-order valence-corrected chi connectivity index (χ4v) is 2.80. The minimum Gasteiger partial charge on any atom is -0.486 e. The maximum absolute atomic E-state index is 11.1. The van der Waals surface area contributed by atoms with Crippen molar-refractivity contribution in [3.05, 3.63) is 33.4 Å². The van der Waals surface area contributed by atoms with Crippen LogP contribution in [-0.4, -0.2) is 16.9 Å². The zero-order valence-electron chi connectivity index (χ0n) is 11.8. The molecule has 1 unspecified atom stereocenters. The minimum atomic E-state index is -0.381. The van der Waals surface area contributed by atoms with Crippen LogP contribution >= 0.6 is 15.9 Å². The second-order valence-electron chi connectivity index (χ2n) is 5.16. The SMILES string of the molecule is Cc1cc(C)c(OCC(CBr)C(C)C)c([N+](=O)[O-])c1. The van der Waals surface area contributed by atoms with Gasteiger partial charge in [-0.15, -0.1) is 0 Å². The van der Waals surface area contributed by atoms with E-state index in [1.54, 1.807) is 6.07 Å². The lowest BCUT2D eigenvalue weighted by Crippen LogP contribution is -2.19. The molecule has 0 aliphatic carbocycles. The quantitative estimate of drug-likeness (QED) is 0.445. The summed E-state index contributed by atoms with van der Waals surface area (Å²) in [5.41, 5.74) is 1.73. The fraction of sp³-hybridized carbons (Fsp3) is 0.571. The van der Waals surface area contributed by atoms with E-state index in [4.69, 9.17) is 4.74 Å². The summed E-state index contributed by atoms with van der Waals surface area (Å²) in [6.07, 6.45) is 0. The summed E-state index contributed by atoms with van der Waals surface area (Å²) >= 11 is 3.45. The van der Waals surface area contributed by atoms with Crippen molar-refractivity contribution in [2.75, 3.05) is 11.9 Å². The first-order valence-corrected chi connectivity index (χ1v) is 7.43. The Kier molecular flexibility index (Phi) is 5.79. The van der Waals surface area contributed by atoms with Crippen molar-refractivity contribution < 1.29 is 9.66 Å². The van der Waals surface area contributed by atoms with E-state index in [0.29, 0.717) is 24.2 Å². The molecule has 5 heteroatoms. The molecule has 0 aromatic heterocycles. The lowest BCUT2D eigenvalue weighted by Gasteiger charge is -2.19. The van der Waals surface area contributed by atoms with Crippen LogP contribution in [0.2, 0.25) is 0 Å². The van der Waals surface area contributed by atoms with Gasteiger partial charge in [0, 0.05) is 17.3 Å². The van der Waals surface area contributed by atoms with Crippen molar-refractivity contribution in [1.29, 1.82) is 0 Å². The van der Waals surface area contributed by atoms with E-state index in [-0.39, 0.29) is 10.6 Å². The molecule has 19 heavy (non-hydrogen) atoms. The molecule has 1 atom stereocenters. The molecule has 0 aliphatic heterocycles. The molecule has 0 spiro atoms. The number of hydrogen-bond donors (Lipinski definition) is 0. The molecule has 106 valence electrons. The van der Waals surface area contributed by atoms with Crippen LogP contribution in [0.3, 0.4) is 0 Å². The van der Waals surface area contributed by atoms with Crippen LogP contribution in [0.1, 0.15) is 25.0 Å². The third kappa shape index (κ3) is 4.20. The first-order chi connectivity index (χ1) is 8.86. The molecule has 0 saturated heterocycles. The van der Waals surface area contributed by atoms with Gasteiger partial charge >= 0.3 is 5.69 Å². The monoisotopic (exact) mass is 329 g/mol. The second-order valence-corrected chi connectivity index (χ2v) is 5.80. The highest BCUT2D eigenvalue weighted by atomic mass is 79.9. The third-order valence-electron chi connectivity index (χ3n) is 3.18. The first kappa shape index (κ1) is 16.0. The first-order valence-electron chi connectivity index (χ1n) is 6.31. The number of rotatable bonds is 6. The normalized spacial score (nSPS) is 12.5. The van der Waals surface area contributed by atoms with Gasteiger partial charge in [0.1, 0.15) is 0 Å². The van der Waals surface area contributed by atoms with Gasteiger partial charge in [-0.25, -0.2) is 0 Å². The highest BCUT2D eigenvalue weighted by Crippen LogP contribution is 2.32. The summed E-state index contributed by atoms with van der Waals surface area (Å²) in [4.78, 5) is 10.7. The standard InChI is InChI=1S/C14H20BrNO3/c1-9(2)12(7-15)8-19-14-11(4)5-10(3)6-13(14)16(17)18/h5-6,9,12H,7-8H2,1-4H3. The molecule has 0 bridgehead atoms. The van der Waals surface area contributed by atoms with E-state index in [9.17, 15) is 10.1 Å². The lowest BCUT2D eigenvalue weighted by molar-refractivity contribution is -0.386. The van der Waals surface area contributed by atoms with Crippen LogP contribution in [0.4, 0.5) is 5.69 Å². The van der Waals surface area contributed by atoms with E-state index in [1.807, 2.05) is 19.9 Å². The van der Waals surface area contributed by atoms with Crippen LogP contribution in [0.25, 0.3) is 0 Å². The molecule has 1 rings (SSSR count). The molecular formula is C14H20BrNO3. The molecule has 1 aromatic rings. The molecule has 0 amide bonds. The lowest BCUT2D eigenvalue weighted by atomic mass is 9.99. The Balaban J connectivity index is 2.97. The molecule has 0 heterocycles. The summed E-state index contributed by atoms with van der Waals surface area (Å²) in [5, 5.41) is 11.9. The summed E-state index contributed by atoms with van der Waals surface area (Å²) < 4.78 is 5.73. The van der Waals surface area contributed by atoms with Crippen molar-refractivity contribution >= 4 is 21.6 Å². The van der Waals surface area contributed by atoms with Crippen LogP contribution < -0.4 is 4.74 Å². The Morgan fingerprint density at radius 1 is 1.37 bits per heavy atom. The topological polar surface area (TPSA) is 52.4 Å². The van der Waals surface area contributed by atoms with Gasteiger partial charge in [-0.05, 0) is 30.9 Å². The number of nitrogens with zero attached hydrogens (tertiary/aromatic N) is 1. The van der Waals surface area contributed by atoms with E-state index in [1.165, 1.54) is 0 Å². The summed E-state index contributed by atoms with van der Waals surface area (Å²) in [5.74, 6) is 1.19. The minimum absolute atomic E-state index is 0.0505. The average molecular weight is 330 g/mol. The van der Waals surface area contributed by atoms with Gasteiger partial charge in [0.25, 0.3) is 0 Å². The predicted octanol–water partition coefficient (Wildman–Crippen LogP) is 4.26. The van der Waals surface area contributed by atoms with Crippen molar-refractivity contribution in [2.45, 2.75) is 27.7 Å². The van der Waals surface area contributed by atoms with Crippen molar-refractivity contribution in [3.8, 4) is 5.75 Å². The van der Waals surface area contributed by atoms with Crippen LogP contribution in [0.5, 0.6) is 5.75 Å². The zero-order chi connectivity index (χ0) is 14.6. The highest BCUT2D eigenvalue weighted by molar-refractivity contribution is 9.09. The Morgan fingerprint density at radius 3 is 2.47 bits per heavy atom. The Morgan fingerprint density at radius 2 is 2.00 bits per heavy atom. The Hall–Kier alpha value is -1.10. The Bertz CT molecular complexity index is 460. The van der Waals surface area contributed by atoms with Crippen LogP contribution in [0.15, 0.2) is 12.1 Å². The Labute approximate surface area is 122 Å². The molecule has 0 radical (unpaired) electrons. The number of nitro benzene ring substituents is 1. The molecule has 0 fully saturated rings. The smallest absolute Gasteiger partial charge is 0.311 e. The third-order valence-corrected chi connectivity index (χ3v) is 4.01. The number of nitro groups is 1. The van der Waals surface area contributed by atoms with Gasteiger partial charge in [0.05, 0.1) is 11.5 Å². The highest BCUT2D eigenvalue weighted by Gasteiger charge is 2.20. The molecule has 0 saturated carbocycles. The van der Waals surface area contributed by atoms with Crippen LogP contribution in [0, 0.1) is 35.8 Å². The van der Waals surface area contributed by atoms with Gasteiger partial charge in [-0.1, -0.05) is 35.8 Å². The van der Waals surface area contributed by atoms with Gasteiger partial charge in [0.15, 0.2) is 5.75 Å². The number of aryl methyl sites for hydroxylation is 2. The zero-order valence-corrected chi connectivity index (χ0v) is 13.4. The van der Waals surface area contributed by atoms with Crippen molar-refractivity contribution in [1.82, 2.24) is 0 Å². The predicted molar refractivity (Wildman–Crippen MR) is 80.2 cm³/mol. The van der Waals surface area contributed by atoms with Gasteiger partial charge in [-0.2, -0.15) is 0 Å². The number of alkyl halides is 1. The van der Waals surface area contributed by atoms with E-state index in [0.717, 1.165) is 16.5 Å². The number of halogens is 1. The molecule has 0 N–H and O–H groups in total. The summed E-state index contributed by atoms with van der Waals surface area (Å²) in [6, 6.07) is 3.46. The largest absolute Gasteiger partial charge is 0.486 e. The second kappa shape index (κ2) is 6.89. The number of benzene rings is 1. The van der Waals surface area contributed by atoms with E-state index < -0.39 is 0 Å². The summed E-state index contributed by atoms with van der Waals surface area (Å²) in [7, 11) is 0. The van der Waals surface area contributed by atoms with E-state index in [2.05, 4.69) is 29.8 Å². The maximum Gasteiger partial charge on any atom is 0.311 e. The van der Waals surface area contributed by atoms with Gasteiger partial charge in [-0.3, -0.25) is 10.1 Å². The fourth-order valence-electron chi connectivity index (χ4n) is 1.86. The van der Waals surface area contributed by atoms with Gasteiger partial charge in [0.2, 0.25) is 0 Å². The number of ether oxygens (including phenoxy) is 1. The van der Waals surface area contributed by atoms with Gasteiger partial charge < -0.3 is 4.74 Å². The average Bonchev–Trinajstić information content (AvgIpc) is 2.30. The van der Waals surface area contributed by atoms with Crippen molar-refractivity contribution in [3.63, 3.8) is 0 Å². The molecular weight excluding hydrogens is 310 g/mol. The molecule has 4 nitrogen and oxygen atoms in total. The van der Waals surface area contributed by atoms with E-state index >= 15 is 0 Å². The van der Waals surface area contributed by atoms with Crippen LogP contribution in [-0.2, 0) is 0 Å². The molecule has 1 aromatic carbocycles. The van der Waals surface area contributed by atoms with Crippen molar-refractivity contribution in [2.24, 2.45) is 11.8 Å². The number of hydrogen-bond acceptors (Lipinski definition) is 3. The summed E-state index contributed by atoms with van der Waals surface area (Å²) in [6.45, 7) is 8.40. The maximum atomic E-state index is 11.1. The molecule has 0 aliphatic rings.